The molecule has 0 saturated heterocycles. The number of aromatic hydroxyl groups is 1. The summed E-state index contributed by atoms with van der Waals surface area (Å²) in [5.74, 6) is -0.217. The lowest BCUT2D eigenvalue weighted by Crippen LogP contribution is -2.06. The number of rotatable bonds is 3. The molecule has 2 aromatic rings. The summed E-state index contributed by atoms with van der Waals surface area (Å²) in [6.07, 6.45) is 0. The zero-order chi connectivity index (χ0) is 13.1. The van der Waals surface area contributed by atoms with E-state index < -0.39 is 0 Å². The molecule has 2 nitrogen and oxygen atoms in total. The fourth-order valence-corrected chi connectivity index (χ4v) is 1.89. The van der Waals surface area contributed by atoms with E-state index in [0.29, 0.717) is 0 Å². The normalized spacial score (nSPS) is 12.2. The molecule has 0 radical (unpaired) electrons. The van der Waals surface area contributed by atoms with Crippen molar-refractivity contribution in [1.82, 2.24) is 0 Å². The molecule has 0 aromatic heterocycles. The molecule has 0 aliphatic carbocycles. The lowest BCUT2D eigenvalue weighted by atomic mass is 10.1. The Kier molecular flexibility index (Phi) is 3.72. The van der Waals surface area contributed by atoms with Crippen LogP contribution in [0.3, 0.4) is 0 Å². The lowest BCUT2D eigenvalue weighted by Gasteiger charge is -2.16. The van der Waals surface area contributed by atoms with E-state index in [1.54, 1.807) is 18.2 Å². The molecule has 2 aromatic carbocycles. The Morgan fingerprint density at radius 2 is 2.00 bits per heavy atom. The maximum absolute atomic E-state index is 13.1. The van der Waals surface area contributed by atoms with Gasteiger partial charge in [0, 0.05) is 11.7 Å². The minimum absolute atomic E-state index is 0.0422. The first-order chi connectivity index (χ1) is 8.56. The number of hydrogen-bond acceptors (Lipinski definition) is 2. The van der Waals surface area contributed by atoms with Crippen molar-refractivity contribution in [1.29, 1.82) is 0 Å². The minimum Gasteiger partial charge on any atom is -0.506 e. The average Bonchev–Trinajstić information content (AvgIpc) is 2.34. The molecular formula is C14H13ClFNO. The first kappa shape index (κ1) is 12.7. The standard InChI is InChI=1S/C14H13ClFNO/c1-9(10-3-2-4-11(16)7-10)17-12-5-6-14(18)13(15)8-12/h2-9,17-18H,1H3. The predicted molar refractivity (Wildman–Crippen MR) is 71.6 cm³/mol. The topological polar surface area (TPSA) is 32.3 Å². The van der Waals surface area contributed by atoms with Crippen LogP contribution in [0.25, 0.3) is 0 Å². The average molecular weight is 266 g/mol. The molecule has 0 bridgehead atoms. The molecule has 2 rings (SSSR count). The highest BCUT2D eigenvalue weighted by molar-refractivity contribution is 6.32. The quantitative estimate of drug-likeness (QED) is 0.809. The smallest absolute Gasteiger partial charge is 0.134 e. The molecule has 1 atom stereocenters. The highest BCUT2D eigenvalue weighted by Crippen LogP contribution is 2.28. The molecule has 0 heterocycles. The van der Waals surface area contributed by atoms with Crippen LogP contribution in [0, 0.1) is 5.82 Å². The van der Waals surface area contributed by atoms with Crippen LogP contribution in [-0.2, 0) is 0 Å². The van der Waals surface area contributed by atoms with Crippen LogP contribution in [0.4, 0.5) is 10.1 Å². The van der Waals surface area contributed by atoms with Crippen molar-refractivity contribution in [3.8, 4) is 5.75 Å². The number of hydrogen-bond donors (Lipinski definition) is 2. The number of phenols is 1. The van der Waals surface area contributed by atoms with Crippen LogP contribution in [0.15, 0.2) is 42.5 Å². The summed E-state index contributed by atoms with van der Waals surface area (Å²) in [6, 6.07) is 11.2. The number of benzene rings is 2. The molecule has 4 heteroatoms. The maximum Gasteiger partial charge on any atom is 0.134 e. The zero-order valence-electron chi connectivity index (χ0n) is 9.82. The Balaban J connectivity index is 2.16. The fourth-order valence-electron chi connectivity index (χ4n) is 1.71. The molecule has 94 valence electrons. The molecule has 0 saturated carbocycles. The third-order valence-corrected chi connectivity index (χ3v) is 2.98. The largest absolute Gasteiger partial charge is 0.506 e. The number of nitrogens with one attached hydrogen (secondary N) is 1. The first-order valence-corrected chi connectivity index (χ1v) is 5.94. The van der Waals surface area contributed by atoms with Gasteiger partial charge in [-0.3, -0.25) is 0 Å². The van der Waals surface area contributed by atoms with Crippen LogP contribution >= 0.6 is 11.6 Å². The van der Waals surface area contributed by atoms with Crippen molar-refractivity contribution in [2.24, 2.45) is 0 Å². The molecule has 0 amide bonds. The Labute approximate surface area is 110 Å². The zero-order valence-corrected chi connectivity index (χ0v) is 10.6. The monoisotopic (exact) mass is 265 g/mol. The third-order valence-electron chi connectivity index (χ3n) is 2.68. The third kappa shape index (κ3) is 2.93. The van der Waals surface area contributed by atoms with Gasteiger partial charge in [0.15, 0.2) is 0 Å². The van der Waals surface area contributed by atoms with Gasteiger partial charge in [-0.25, -0.2) is 4.39 Å². The molecule has 0 spiro atoms. The van der Waals surface area contributed by atoms with E-state index in [2.05, 4.69) is 5.32 Å². The minimum atomic E-state index is -0.259. The molecule has 0 aliphatic heterocycles. The lowest BCUT2D eigenvalue weighted by molar-refractivity contribution is 0.475. The Morgan fingerprint density at radius 1 is 1.22 bits per heavy atom. The number of halogens is 2. The van der Waals surface area contributed by atoms with Crippen LogP contribution in [0.5, 0.6) is 5.75 Å². The van der Waals surface area contributed by atoms with Gasteiger partial charge >= 0.3 is 0 Å². The summed E-state index contributed by atoms with van der Waals surface area (Å²) in [4.78, 5) is 0. The Morgan fingerprint density at radius 3 is 2.67 bits per heavy atom. The highest BCUT2D eigenvalue weighted by Gasteiger charge is 2.07. The van der Waals surface area contributed by atoms with Crippen molar-refractivity contribution in [2.45, 2.75) is 13.0 Å². The van der Waals surface area contributed by atoms with Gasteiger partial charge in [0.1, 0.15) is 11.6 Å². The summed E-state index contributed by atoms with van der Waals surface area (Å²) in [5, 5.41) is 12.8. The van der Waals surface area contributed by atoms with Crippen molar-refractivity contribution in [3.05, 3.63) is 58.9 Å². The van der Waals surface area contributed by atoms with Gasteiger partial charge in [-0.05, 0) is 42.8 Å². The second-order valence-electron chi connectivity index (χ2n) is 4.09. The molecule has 0 aliphatic rings. The van der Waals surface area contributed by atoms with Crippen molar-refractivity contribution in [2.75, 3.05) is 5.32 Å². The number of phenolic OH excluding ortho intramolecular Hbond substituents is 1. The van der Waals surface area contributed by atoms with Crippen molar-refractivity contribution in [3.63, 3.8) is 0 Å². The van der Waals surface area contributed by atoms with Gasteiger partial charge in [-0.1, -0.05) is 23.7 Å². The summed E-state index contributed by atoms with van der Waals surface area (Å²) >= 11 is 5.82. The molecule has 0 fully saturated rings. The van der Waals surface area contributed by atoms with Crippen LogP contribution in [0.1, 0.15) is 18.5 Å². The van der Waals surface area contributed by atoms with E-state index in [1.165, 1.54) is 18.2 Å². The van der Waals surface area contributed by atoms with Crippen molar-refractivity contribution >= 4 is 17.3 Å². The fraction of sp³-hybridized carbons (Fsp3) is 0.143. The summed E-state index contributed by atoms with van der Waals surface area (Å²) in [6.45, 7) is 1.93. The molecule has 2 N–H and O–H groups in total. The highest BCUT2D eigenvalue weighted by atomic mass is 35.5. The van der Waals surface area contributed by atoms with Crippen molar-refractivity contribution < 1.29 is 9.50 Å². The van der Waals surface area contributed by atoms with Crippen LogP contribution in [0.2, 0.25) is 5.02 Å². The van der Waals surface area contributed by atoms with Crippen LogP contribution in [-0.4, -0.2) is 5.11 Å². The summed E-state index contributed by atoms with van der Waals surface area (Å²) in [7, 11) is 0. The second-order valence-corrected chi connectivity index (χ2v) is 4.49. The van der Waals surface area contributed by atoms with Gasteiger partial charge in [0.05, 0.1) is 5.02 Å². The number of anilines is 1. The first-order valence-electron chi connectivity index (χ1n) is 5.57. The van der Waals surface area contributed by atoms with Gasteiger partial charge in [-0.15, -0.1) is 0 Å². The maximum atomic E-state index is 13.1. The SMILES string of the molecule is CC(Nc1ccc(O)c(Cl)c1)c1cccc(F)c1. The van der Waals surface area contributed by atoms with Gasteiger partial charge < -0.3 is 10.4 Å². The van der Waals surface area contributed by atoms with E-state index >= 15 is 0 Å². The van der Waals surface area contributed by atoms with E-state index in [-0.39, 0.29) is 22.6 Å². The van der Waals surface area contributed by atoms with Gasteiger partial charge in [-0.2, -0.15) is 0 Å². The van der Waals surface area contributed by atoms with E-state index in [9.17, 15) is 9.50 Å². The Hall–Kier alpha value is -1.74. The van der Waals surface area contributed by atoms with Crippen LogP contribution < -0.4 is 5.32 Å². The van der Waals surface area contributed by atoms with E-state index in [0.717, 1.165) is 11.3 Å². The van der Waals surface area contributed by atoms with E-state index in [1.807, 2.05) is 13.0 Å². The second kappa shape index (κ2) is 5.27. The van der Waals surface area contributed by atoms with Gasteiger partial charge in [0.25, 0.3) is 0 Å². The summed E-state index contributed by atoms with van der Waals surface area (Å²) < 4.78 is 13.1. The summed E-state index contributed by atoms with van der Waals surface area (Å²) in [5.41, 5.74) is 1.62. The molecular weight excluding hydrogens is 253 g/mol. The van der Waals surface area contributed by atoms with Gasteiger partial charge in [0.2, 0.25) is 0 Å². The Bertz CT molecular complexity index is 559. The molecule has 18 heavy (non-hydrogen) atoms. The van der Waals surface area contributed by atoms with E-state index in [4.69, 9.17) is 11.6 Å². The predicted octanol–water partition coefficient (Wildman–Crippen LogP) is 4.36. The molecule has 1 unspecified atom stereocenters.